The van der Waals surface area contributed by atoms with Gasteiger partial charge in [0.25, 0.3) is 0 Å². The average Bonchev–Trinajstić information content (AvgIpc) is 3.25. The third-order valence-electron chi connectivity index (χ3n) is 3.28. The molecule has 0 atom stereocenters. The van der Waals surface area contributed by atoms with E-state index in [1.54, 1.807) is 0 Å². The van der Waals surface area contributed by atoms with Crippen molar-refractivity contribution in [3.05, 3.63) is 18.0 Å². The second-order valence-electron chi connectivity index (χ2n) is 5.29. The SMILES string of the molecule is CCCCN(CC(N)=O)c1ncc(CNC2CC2)cn1. The highest BCUT2D eigenvalue weighted by atomic mass is 16.1. The van der Waals surface area contributed by atoms with Crippen molar-refractivity contribution in [2.24, 2.45) is 5.73 Å². The number of nitrogens with zero attached hydrogens (tertiary/aromatic N) is 3. The van der Waals surface area contributed by atoms with Crippen molar-refractivity contribution < 1.29 is 4.79 Å². The Morgan fingerprint density at radius 2 is 2.15 bits per heavy atom. The molecule has 0 radical (unpaired) electrons. The second-order valence-corrected chi connectivity index (χ2v) is 5.29. The van der Waals surface area contributed by atoms with E-state index in [4.69, 9.17) is 5.73 Å². The maximum Gasteiger partial charge on any atom is 0.237 e. The highest BCUT2D eigenvalue weighted by Crippen LogP contribution is 2.19. The molecule has 1 aromatic rings. The number of unbranched alkanes of at least 4 members (excludes halogenated alkanes) is 1. The van der Waals surface area contributed by atoms with Gasteiger partial charge in [-0.15, -0.1) is 0 Å². The normalized spacial score (nSPS) is 14.2. The topological polar surface area (TPSA) is 84.1 Å². The number of amides is 1. The fraction of sp³-hybridized carbons (Fsp3) is 0.643. The lowest BCUT2D eigenvalue weighted by atomic mass is 10.3. The van der Waals surface area contributed by atoms with Gasteiger partial charge < -0.3 is 16.0 Å². The molecule has 0 saturated heterocycles. The van der Waals surface area contributed by atoms with Crippen LogP contribution in [0.4, 0.5) is 5.95 Å². The molecule has 1 saturated carbocycles. The van der Waals surface area contributed by atoms with E-state index in [2.05, 4.69) is 22.2 Å². The third kappa shape index (κ3) is 4.77. The molecule has 20 heavy (non-hydrogen) atoms. The first-order chi connectivity index (χ1) is 9.69. The summed E-state index contributed by atoms with van der Waals surface area (Å²) >= 11 is 0. The van der Waals surface area contributed by atoms with Crippen molar-refractivity contribution in [2.45, 2.75) is 45.2 Å². The largest absolute Gasteiger partial charge is 0.368 e. The lowest BCUT2D eigenvalue weighted by Crippen LogP contribution is -2.35. The van der Waals surface area contributed by atoms with Crippen molar-refractivity contribution in [3.8, 4) is 0 Å². The third-order valence-corrected chi connectivity index (χ3v) is 3.28. The molecule has 0 spiro atoms. The highest BCUT2D eigenvalue weighted by Gasteiger charge is 2.20. The number of carbonyl (C=O) groups excluding carboxylic acids is 1. The lowest BCUT2D eigenvalue weighted by Gasteiger charge is -2.20. The lowest BCUT2D eigenvalue weighted by molar-refractivity contribution is -0.116. The number of nitrogens with two attached hydrogens (primary N) is 1. The zero-order valence-electron chi connectivity index (χ0n) is 12.0. The van der Waals surface area contributed by atoms with Crippen molar-refractivity contribution >= 4 is 11.9 Å². The monoisotopic (exact) mass is 277 g/mol. The first-order valence-electron chi connectivity index (χ1n) is 7.26. The van der Waals surface area contributed by atoms with Crippen LogP contribution in [0, 0.1) is 0 Å². The Kier molecular flexibility index (Phi) is 5.29. The molecule has 110 valence electrons. The number of aromatic nitrogens is 2. The Labute approximate surface area is 119 Å². The van der Waals surface area contributed by atoms with Gasteiger partial charge in [-0.3, -0.25) is 4.79 Å². The van der Waals surface area contributed by atoms with Crippen molar-refractivity contribution in [2.75, 3.05) is 18.0 Å². The van der Waals surface area contributed by atoms with E-state index in [1.165, 1.54) is 12.8 Å². The van der Waals surface area contributed by atoms with Crippen molar-refractivity contribution in [1.29, 1.82) is 0 Å². The number of hydrogen-bond donors (Lipinski definition) is 2. The molecular weight excluding hydrogens is 254 g/mol. The van der Waals surface area contributed by atoms with Crippen LogP contribution in [-0.2, 0) is 11.3 Å². The van der Waals surface area contributed by atoms with Crippen molar-refractivity contribution in [1.82, 2.24) is 15.3 Å². The molecule has 6 heteroatoms. The van der Waals surface area contributed by atoms with Crippen LogP contribution in [0.1, 0.15) is 38.2 Å². The molecule has 1 aliphatic rings. The summed E-state index contributed by atoms with van der Waals surface area (Å²) < 4.78 is 0. The van der Waals surface area contributed by atoms with Gasteiger partial charge in [0.2, 0.25) is 11.9 Å². The van der Waals surface area contributed by atoms with Crippen LogP contribution in [0.15, 0.2) is 12.4 Å². The molecule has 6 nitrogen and oxygen atoms in total. The summed E-state index contributed by atoms with van der Waals surface area (Å²) in [5, 5.41) is 3.42. The van der Waals surface area contributed by atoms with E-state index in [9.17, 15) is 4.79 Å². The first-order valence-corrected chi connectivity index (χ1v) is 7.26. The van der Waals surface area contributed by atoms with Gasteiger partial charge in [-0.2, -0.15) is 0 Å². The van der Waals surface area contributed by atoms with Gasteiger partial charge in [0.15, 0.2) is 0 Å². The Morgan fingerprint density at radius 1 is 1.45 bits per heavy atom. The van der Waals surface area contributed by atoms with Gasteiger partial charge in [0, 0.05) is 37.1 Å². The zero-order chi connectivity index (χ0) is 14.4. The quantitative estimate of drug-likeness (QED) is 0.698. The van der Waals surface area contributed by atoms with Crippen LogP contribution in [-0.4, -0.2) is 35.0 Å². The molecule has 1 amide bonds. The summed E-state index contributed by atoms with van der Waals surface area (Å²) in [4.78, 5) is 21.7. The van der Waals surface area contributed by atoms with Gasteiger partial charge in [0.1, 0.15) is 0 Å². The zero-order valence-corrected chi connectivity index (χ0v) is 12.0. The molecule has 1 aliphatic carbocycles. The summed E-state index contributed by atoms with van der Waals surface area (Å²) in [5.74, 6) is 0.219. The summed E-state index contributed by atoms with van der Waals surface area (Å²) in [6, 6.07) is 0.672. The smallest absolute Gasteiger partial charge is 0.237 e. The minimum atomic E-state index is -0.357. The number of rotatable bonds is 9. The highest BCUT2D eigenvalue weighted by molar-refractivity contribution is 5.78. The van der Waals surface area contributed by atoms with Gasteiger partial charge in [-0.1, -0.05) is 13.3 Å². The Morgan fingerprint density at radius 3 is 2.70 bits per heavy atom. The van der Waals surface area contributed by atoms with Crippen molar-refractivity contribution in [3.63, 3.8) is 0 Å². The minimum absolute atomic E-state index is 0.166. The molecule has 1 aromatic heterocycles. The average molecular weight is 277 g/mol. The molecule has 0 bridgehead atoms. The molecule has 0 aromatic carbocycles. The maximum atomic E-state index is 11.1. The molecule has 1 heterocycles. The Balaban J connectivity index is 1.93. The van der Waals surface area contributed by atoms with E-state index in [0.717, 1.165) is 31.5 Å². The molecule has 3 N–H and O–H groups in total. The fourth-order valence-electron chi connectivity index (χ4n) is 1.94. The number of anilines is 1. The predicted molar refractivity (Wildman–Crippen MR) is 78.2 cm³/mol. The van der Waals surface area contributed by atoms with E-state index in [-0.39, 0.29) is 12.5 Å². The van der Waals surface area contributed by atoms with Gasteiger partial charge in [-0.25, -0.2) is 9.97 Å². The molecule has 1 fully saturated rings. The van der Waals surface area contributed by atoms with Crippen LogP contribution in [0.25, 0.3) is 0 Å². The summed E-state index contributed by atoms with van der Waals surface area (Å²) in [5.41, 5.74) is 6.34. The van der Waals surface area contributed by atoms with Crippen LogP contribution in [0.3, 0.4) is 0 Å². The Bertz CT molecular complexity index is 430. The molecule has 2 rings (SSSR count). The van der Waals surface area contributed by atoms with Gasteiger partial charge >= 0.3 is 0 Å². The first kappa shape index (κ1) is 14.7. The van der Waals surface area contributed by atoms with Crippen LogP contribution in [0.2, 0.25) is 0 Å². The summed E-state index contributed by atoms with van der Waals surface area (Å²) in [6.07, 6.45) is 8.21. The van der Waals surface area contributed by atoms with E-state index in [0.29, 0.717) is 12.0 Å². The number of primary amides is 1. The minimum Gasteiger partial charge on any atom is -0.368 e. The fourth-order valence-corrected chi connectivity index (χ4v) is 1.94. The Hall–Kier alpha value is -1.69. The van der Waals surface area contributed by atoms with E-state index < -0.39 is 0 Å². The number of nitrogens with one attached hydrogen (secondary N) is 1. The maximum absolute atomic E-state index is 11.1. The van der Waals surface area contributed by atoms with Gasteiger partial charge in [0.05, 0.1) is 6.54 Å². The second kappa shape index (κ2) is 7.19. The molecular formula is C14H23N5O. The van der Waals surface area contributed by atoms with E-state index >= 15 is 0 Å². The summed E-state index contributed by atoms with van der Waals surface area (Å²) in [6.45, 7) is 3.82. The number of carbonyl (C=O) groups is 1. The van der Waals surface area contributed by atoms with Gasteiger partial charge in [-0.05, 0) is 19.3 Å². The van der Waals surface area contributed by atoms with Crippen LogP contribution >= 0.6 is 0 Å². The van der Waals surface area contributed by atoms with Crippen LogP contribution in [0.5, 0.6) is 0 Å². The summed E-state index contributed by atoms with van der Waals surface area (Å²) in [7, 11) is 0. The molecule has 0 unspecified atom stereocenters. The predicted octanol–water partition coefficient (Wildman–Crippen LogP) is 0.820. The van der Waals surface area contributed by atoms with Crippen LogP contribution < -0.4 is 16.0 Å². The standard InChI is InChI=1S/C14H23N5O/c1-2-3-6-19(10-13(15)20)14-17-8-11(9-18-14)7-16-12-4-5-12/h8-9,12,16H,2-7,10H2,1H3,(H2,15,20). The molecule has 0 aliphatic heterocycles. The number of hydrogen-bond acceptors (Lipinski definition) is 5. The van der Waals surface area contributed by atoms with E-state index in [1.807, 2.05) is 17.3 Å².